The third-order valence-electron chi connectivity index (χ3n) is 2.20. The lowest BCUT2D eigenvalue weighted by Gasteiger charge is -2.02. The van der Waals surface area contributed by atoms with Gasteiger partial charge in [0.15, 0.2) is 6.33 Å². The third-order valence-corrected chi connectivity index (χ3v) is 2.20. The van der Waals surface area contributed by atoms with Crippen LogP contribution in [0, 0.1) is 6.92 Å². The molecule has 1 N–H and O–H groups in total. The van der Waals surface area contributed by atoms with E-state index in [1.54, 1.807) is 0 Å². The van der Waals surface area contributed by atoms with Crippen LogP contribution < -0.4 is 5.32 Å². The summed E-state index contributed by atoms with van der Waals surface area (Å²) in [4.78, 5) is 8.24. The summed E-state index contributed by atoms with van der Waals surface area (Å²) in [6.45, 7) is 3.59. The second-order valence-electron chi connectivity index (χ2n) is 3.59. The van der Waals surface area contributed by atoms with E-state index in [0.717, 1.165) is 25.2 Å². The zero-order valence-electron chi connectivity index (χ0n) is 9.18. The number of pyridine rings is 1. The van der Waals surface area contributed by atoms with Crippen LogP contribution in [0.5, 0.6) is 0 Å². The molecule has 2 aromatic heterocycles. The molecule has 0 spiro atoms. The summed E-state index contributed by atoms with van der Waals surface area (Å²) in [6.07, 6.45) is 4.03. The molecule has 2 heterocycles. The van der Waals surface area contributed by atoms with E-state index in [1.165, 1.54) is 11.9 Å². The van der Waals surface area contributed by atoms with Crippen molar-refractivity contribution in [3.63, 3.8) is 0 Å². The summed E-state index contributed by atoms with van der Waals surface area (Å²) in [6, 6.07) is 4.08. The van der Waals surface area contributed by atoms with Crippen LogP contribution in [0.3, 0.4) is 0 Å². The first-order valence-electron chi connectivity index (χ1n) is 5.22. The van der Waals surface area contributed by atoms with Gasteiger partial charge in [0, 0.05) is 25.7 Å². The van der Waals surface area contributed by atoms with Gasteiger partial charge in [-0.3, -0.25) is 4.98 Å². The van der Waals surface area contributed by atoms with Gasteiger partial charge in [0.05, 0.1) is 5.69 Å². The maximum Gasteiger partial charge on any atom is 0.227 e. The van der Waals surface area contributed by atoms with Crippen molar-refractivity contribution in [3.8, 4) is 0 Å². The summed E-state index contributed by atoms with van der Waals surface area (Å²) in [5.41, 5.74) is 2.21. The highest BCUT2D eigenvalue weighted by molar-refractivity contribution is 5.11. The van der Waals surface area contributed by atoms with E-state index in [4.69, 9.17) is 4.52 Å². The molecule has 0 aromatic carbocycles. The van der Waals surface area contributed by atoms with Gasteiger partial charge < -0.3 is 9.84 Å². The first kappa shape index (κ1) is 10.8. The molecule has 0 saturated heterocycles. The Balaban J connectivity index is 1.70. The standard InChI is InChI=1S/C11H14N4O/c1-9-2-3-10(13-6-9)7-12-5-4-11-14-8-15-16-11/h2-3,6,8,12H,4-5,7H2,1H3. The first-order chi connectivity index (χ1) is 7.84. The van der Waals surface area contributed by atoms with Crippen molar-refractivity contribution in [1.82, 2.24) is 20.4 Å². The van der Waals surface area contributed by atoms with Crippen molar-refractivity contribution in [2.45, 2.75) is 19.9 Å². The van der Waals surface area contributed by atoms with Gasteiger partial charge in [-0.25, -0.2) is 0 Å². The summed E-state index contributed by atoms with van der Waals surface area (Å²) in [7, 11) is 0. The van der Waals surface area contributed by atoms with Gasteiger partial charge in [-0.05, 0) is 18.6 Å². The van der Waals surface area contributed by atoms with Gasteiger partial charge >= 0.3 is 0 Å². The number of nitrogens with zero attached hydrogens (tertiary/aromatic N) is 3. The van der Waals surface area contributed by atoms with E-state index >= 15 is 0 Å². The van der Waals surface area contributed by atoms with Crippen molar-refractivity contribution in [2.75, 3.05) is 6.54 Å². The summed E-state index contributed by atoms with van der Waals surface area (Å²) in [5.74, 6) is 0.657. The third kappa shape index (κ3) is 3.13. The SMILES string of the molecule is Cc1ccc(CNCCc2ncno2)nc1. The number of aromatic nitrogens is 3. The largest absolute Gasteiger partial charge is 0.340 e. The number of hydrogen-bond donors (Lipinski definition) is 1. The van der Waals surface area contributed by atoms with Crippen LogP contribution in [0.2, 0.25) is 0 Å². The number of nitrogens with one attached hydrogen (secondary N) is 1. The van der Waals surface area contributed by atoms with E-state index in [9.17, 15) is 0 Å². The second-order valence-corrected chi connectivity index (χ2v) is 3.59. The Kier molecular flexibility index (Phi) is 3.61. The molecule has 0 radical (unpaired) electrons. The van der Waals surface area contributed by atoms with Gasteiger partial charge in [0.2, 0.25) is 5.89 Å². The van der Waals surface area contributed by atoms with Crippen molar-refractivity contribution in [1.29, 1.82) is 0 Å². The van der Waals surface area contributed by atoms with Crippen LogP contribution >= 0.6 is 0 Å². The lowest BCUT2D eigenvalue weighted by molar-refractivity contribution is 0.374. The number of aryl methyl sites for hydroxylation is 1. The molecule has 0 aliphatic heterocycles. The van der Waals surface area contributed by atoms with Crippen molar-refractivity contribution < 1.29 is 4.52 Å². The highest BCUT2D eigenvalue weighted by Crippen LogP contribution is 1.98. The Morgan fingerprint density at radius 2 is 2.25 bits per heavy atom. The summed E-state index contributed by atoms with van der Waals surface area (Å²) in [5, 5.41) is 6.81. The van der Waals surface area contributed by atoms with Crippen LogP contribution in [0.1, 0.15) is 17.1 Å². The van der Waals surface area contributed by atoms with Crippen LogP contribution in [0.4, 0.5) is 0 Å². The molecule has 0 bridgehead atoms. The molecule has 0 aliphatic rings. The number of hydrogen-bond acceptors (Lipinski definition) is 5. The van der Waals surface area contributed by atoms with Crippen molar-refractivity contribution in [3.05, 3.63) is 41.8 Å². The van der Waals surface area contributed by atoms with Crippen LogP contribution in [-0.4, -0.2) is 21.7 Å². The average molecular weight is 218 g/mol. The fourth-order valence-corrected chi connectivity index (χ4v) is 1.32. The van der Waals surface area contributed by atoms with Gasteiger partial charge in [-0.2, -0.15) is 4.98 Å². The minimum atomic E-state index is 0.657. The normalized spacial score (nSPS) is 10.6. The molecule has 5 nitrogen and oxygen atoms in total. The predicted molar refractivity (Wildman–Crippen MR) is 58.7 cm³/mol. The molecule has 2 rings (SSSR count). The summed E-state index contributed by atoms with van der Waals surface area (Å²) >= 11 is 0. The maximum absolute atomic E-state index is 4.88. The van der Waals surface area contributed by atoms with Crippen molar-refractivity contribution >= 4 is 0 Å². The molecule has 84 valence electrons. The molecule has 0 fully saturated rings. The van der Waals surface area contributed by atoms with Gasteiger partial charge in [0.25, 0.3) is 0 Å². The molecule has 0 amide bonds. The minimum absolute atomic E-state index is 0.657. The zero-order valence-corrected chi connectivity index (χ0v) is 9.18. The molecule has 0 aliphatic carbocycles. The van der Waals surface area contributed by atoms with Crippen LogP contribution in [0.25, 0.3) is 0 Å². The molecular formula is C11H14N4O. The van der Waals surface area contributed by atoms with Crippen LogP contribution in [0.15, 0.2) is 29.2 Å². The van der Waals surface area contributed by atoms with E-state index in [0.29, 0.717) is 5.89 Å². The lowest BCUT2D eigenvalue weighted by Crippen LogP contribution is -2.17. The molecule has 16 heavy (non-hydrogen) atoms. The van der Waals surface area contributed by atoms with Gasteiger partial charge in [-0.1, -0.05) is 11.2 Å². The van der Waals surface area contributed by atoms with Gasteiger partial charge in [-0.15, -0.1) is 0 Å². The topological polar surface area (TPSA) is 63.8 Å². The monoisotopic (exact) mass is 218 g/mol. The number of rotatable bonds is 5. The minimum Gasteiger partial charge on any atom is -0.340 e. The van der Waals surface area contributed by atoms with Crippen LogP contribution in [-0.2, 0) is 13.0 Å². The van der Waals surface area contributed by atoms with E-state index in [2.05, 4.69) is 26.5 Å². The predicted octanol–water partition coefficient (Wildman–Crippen LogP) is 1.11. The highest BCUT2D eigenvalue weighted by atomic mass is 16.5. The first-order valence-corrected chi connectivity index (χ1v) is 5.22. The quantitative estimate of drug-likeness (QED) is 0.761. The molecule has 5 heteroatoms. The Morgan fingerprint density at radius 3 is 2.94 bits per heavy atom. The zero-order chi connectivity index (χ0) is 11.2. The molecular weight excluding hydrogens is 204 g/mol. The van der Waals surface area contributed by atoms with E-state index in [-0.39, 0.29) is 0 Å². The molecule has 0 atom stereocenters. The summed E-state index contributed by atoms with van der Waals surface area (Å²) < 4.78 is 4.88. The molecule has 0 saturated carbocycles. The Bertz CT molecular complexity index is 410. The van der Waals surface area contributed by atoms with Crippen molar-refractivity contribution in [2.24, 2.45) is 0 Å². The maximum atomic E-state index is 4.88. The lowest BCUT2D eigenvalue weighted by atomic mass is 10.3. The average Bonchev–Trinajstić information content (AvgIpc) is 2.80. The smallest absolute Gasteiger partial charge is 0.227 e. The molecule has 0 unspecified atom stereocenters. The van der Waals surface area contributed by atoms with Gasteiger partial charge in [0.1, 0.15) is 0 Å². The Morgan fingerprint density at radius 1 is 1.31 bits per heavy atom. The van der Waals surface area contributed by atoms with E-state index in [1.807, 2.05) is 19.2 Å². The fraction of sp³-hybridized carbons (Fsp3) is 0.364. The Hall–Kier alpha value is -1.75. The Labute approximate surface area is 93.9 Å². The fourth-order valence-electron chi connectivity index (χ4n) is 1.32. The van der Waals surface area contributed by atoms with E-state index < -0.39 is 0 Å². The second kappa shape index (κ2) is 5.37. The highest BCUT2D eigenvalue weighted by Gasteiger charge is 1.98. The molecule has 2 aromatic rings.